The van der Waals surface area contributed by atoms with Crippen LogP contribution in [-0.2, 0) is 4.79 Å². The van der Waals surface area contributed by atoms with E-state index in [1.807, 2.05) is 13.8 Å². The molecule has 0 aliphatic heterocycles. The van der Waals surface area contributed by atoms with Crippen LogP contribution in [0.3, 0.4) is 0 Å². The predicted molar refractivity (Wildman–Crippen MR) is 78.1 cm³/mol. The van der Waals surface area contributed by atoms with E-state index in [0.717, 1.165) is 12.8 Å². The van der Waals surface area contributed by atoms with Gasteiger partial charge in [0, 0.05) is 11.3 Å². The monoisotopic (exact) mass is 295 g/mol. The van der Waals surface area contributed by atoms with E-state index in [1.165, 1.54) is 0 Å². The Morgan fingerprint density at radius 1 is 1.14 bits per heavy atom. The number of nitrogens with zero attached hydrogens (tertiary/aromatic N) is 1. The van der Waals surface area contributed by atoms with Gasteiger partial charge in [-0.3, -0.25) is 10.1 Å². The van der Waals surface area contributed by atoms with Crippen LogP contribution in [0.1, 0.15) is 40.0 Å². The molecule has 1 atom stereocenters. The van der Waals surface area contributed by atoms with Crippen molar-refractivity contribution in [3.63, 3.8) is 0 Å². The van der Waals surface area contributed by atoms with Crippen molar-refractivity contribution in [2.24, 2.45) is 0 Å². The Hall–Kier alpha value is -2.11. The zero-order chi connectivity index (χ0) is 15.8. The molecule has 6 nitrogen and oxygen atoms in total. The molecule has 1 unspecified atom stereocenters. The number of carbonyl (C=O) groups is 1. The quantitative estimate of drug-likeness (QED) is 0.318. The Balaban J connectivity index is 2.88. The minimum atomic E-state index is -1.36. The summed E-state index contributed by atoms with van der Waals surface area (Å²) >= 11 is 0. The van der Waals surface area contributed by atoms with E-state index in [1.54, 1.807) is 31.2 Å². The molecule has 0 aliphatic carbocycles. The number of ether oxygens (including phenoxy) is 2. The first kappa shape index (κ1) is 16.9. The van der Waals surface area contributed by atoms with Gasteiger partial charge in [-0.15, -0.1) is 0 Å². The van der Waals surface area contributed by atoms with Gasteiger partial charge in [0.2, 0.25) is 0 Å². The van der Waals surface area contributed by atoms with Crippen molar-refractivity contribution < 1.29 is 19.2 Å². The van der Waals surface area contributed by atoms with Crippen molar-refractivity contribution in [3.05, 3.63) is 34.4 Å². The largest absolute Gasteiger partial charge is 0.487 e. The Morgan fingerprint density at radius 3 is 2.19 bits per heavy atom. The van der Waals surface area contributed by atoms with E-state index in [4.69, 9.17) is 9.47 Å². The second-order valence-corrected chi connectivity index (χ2v) is 4.63. The van der Waals surface area contributed by atoms with Gasteiger partial charge in [-0.25, -0.2) is 4.79 Å². The van der Waals surface area contributed by atoms with Gasteiger partial charge in [-0.05, 0) is 25.0 Å². The predicted octanol–water partition coefficient (Wildman–Crippen LogP) is 3.21. The van der Waals surface area contributed by atoms with Crippen molar-refractivity contribution in [2.45, 2.75) is 52.2 Å². The molecule has 0 fully saturated rings. The number of hydrogen-bond acceptors (Lipinski definition) is 5. The summed E-state index contributed by atoms with van der Waals surface area (Å²) in [5.74, 6) is -0.226. The number of carbonyl (C=O) groups excluding carboxylic acids is 1. The summed E-state index contributed by atoms with van der Waals surface area (Å²) in [7, 11) is 0. The van der Waals surface area contributed by atoms with Gasteiger partial charge in [0.1, 0.15) is 0 Å². The lowest BCUT2D eigenvalue weighted by molar-refractivity contribution is -0.509. The average Bonchev–Trinajstić information content (AvgIpc) is 2.46. The first-order valence-corrected chi connectivity index (χ1v) is 7.14. The Bertz CT molecular complexity index is 485. The molecule has 1 aromatic carbocycles. The highest BCUT2D eigenvalue weighted by atomic mass is 16.6. The van der Waals surface area contributed by atoms with Crippen molar-refractivity contribution in [1.29, 1.82) is 0 Å². The first-order chi connectivity index (χ1) is 10.0. The van der Waals surface area contributed by atoms with Gasteiger partial charge in [0.25, 0.3) is 0 Å². The van der Waals surface area contributed by atoms with Crippen LogP contribution in [0.2, 0.25) is 0 Å². The third-order valence-corrected chi connectivity index (χ3v) is 3.18. The van der Waals surface area contributed by atoms with Crippen molar-refractivity contribution in [3.8, 4) is 11.5 Å². The van der Waals surface area contributed by atoms with E-state index in [-0.39, 0.29) is 18.3 Å². The summed E-state index contributed by atoms with van der Waals surface area (Å²) in [4.78, 5) is 22.0. The van der Waals surface area contributed by atoms with Crippen LogP contribution in [0.5, 0.6) is 11.5 Å². The smallest absolute Gasteiger partial charge is 0.387 e. The lowest BCUT2D eigenvalue weighted by atomic mass is 10.2. The fourth-order valence-electron chi connectivity index (χ4n) is 1.84. The maximum Gasteiger partial charge on any atom is 0.387 e. The summed E-state index contributed by atoms with van der Waals surface area (Å²) in [5, 5.41) is 10.8. The van der Waals surface area contributed by atoms with Crippen LogP contribution in [-0.4, -0.2) is 23.0 Å². The molecule has 0 aromatic heterocycles. The summed E-state index contributed by atoms with van der Waals surface area (Å²) in [6.07, 6.45) is 1.75. The van der Waals surface area contributed by atoms with Crippen LogP contribution >= 0.6 is 0 Å². The molecule has 0 N–H and O–H groups in total. The molecule has 0 heterocycles. The number of benzene rings is 1. The molecular formula is C15H21NO5. The molecule has 0 saturated carbocycles. The standard InChI is InChI=1S/C15H21NO5/c1-4-11(5-2)20-13-9-7-8-10-14(13)21-15(17)12(6-3)16(18)19/h7-12H,4-6H2,1-3H3. The zero-order valence-corrected chi connectivity index (χ0v) is 12.6. The van der Waals surface area contributed by atoms with Crippen LogP contribution < -0.4 is 9.47 Å². The van der Waals surface area contributed by atoms with E-state index >= 15 is 0 Å². The van der Waals surface area contributed by atoms with Gasteiger partial charge >= 0.3 is 12.0 Å². The van der Waals surface area contributed by atoms with Gasteiger partial charge < -0.3 is 9.47 Å². The van der Waals surface area contributed by atoms with E-state index in [9.17, 15) is 14.9 Å². The number of nitro groups is 1. The molecule has 0 saturated heterocycles. The maximum absolute atomic E-state index is 11.8. The molecule has 0 spiro atoms. The molecule has 6 heteroatoms. The van der Waals surface area contributed by atoms with Crippen molar-refractivity contribution >= 4 is 5.97 Å². The molecule has 1 rings (SSSR count). The molecule has 116 valence electrons. The average molecular weight is 295 g/mol. The molecule has 0 radical (unpaired) electrons. The Morgan fingerprint density at radius 2 is 1.71 bits per heavy atom. The van der Waals surface area contributed by atoms with Crippen LogP contribution in [0.4, 0.5) is 0 Å². The van der Waals surface area contributed by atoms with Crippen LogP contribution in [0.15, 0.2) is 24.3 Å². The topological polar surface area (TPSA) is 78.7 Å². The van der Waals surface area contributed by atoms with E-state index in [2.05, 4.69) is 0 Å². The Kier molecular flexibility index (Phi) is 6.65. The minimum Gasteiger partial charge on any atom is -0.487 e. The highest BCUT2D eigenvalue weighted by Gasteiger charge is 2.30. The van der Waals surface area contributed by atoms with Gasteiger partial charge in [-0.1, -0.05) is 32.9 Å². The normalized spacial score (nSPS) is 12.0. The summed E-state index contributed by atoms with van der Waals surface area (Å²) in [6.45, 7) is 5.58. The molecule has 21 heavy (non-hydrogen) atoms. The lowest BCUT2D eigenvalue weighted by Crippen LogP contribution is -2.32. The van der Waals surface area contributed by atoms with Gasteiger partial charge in [-0.2, -0.15) is 0 Å². The van der Waals surface area contributed by atoms with E-state index in [0.29, 0.717) is 5.75 Å². The lowest BCUT2D eigenvalue weighted by Gasteiger charge is -2.18. The summed E-state index contributed by atoms with van der Waals surface area (Å²) in [5.41, 5.74) is 0. The second-order valence-electron chi connectivity index (χ2n) is 4.63. The SMILES string of the molecule is CCC(CC)Oc1ccccc1OC(=O)C(CC)[N+](=O)[O-]. The van der Waals surface area contributed by atoms with Gasteiger partial charge in [0.15, 0.2) is 11.5 Å². The fraction of sp³-hybridized carbons (Fsp3) is 0.533. The molecule has 0 bridgehead atoms. The third-order valence-electron chi connectivity index (χ3n) is 3.18. The zero-order valence-electron chi connectivity index (χ0n) is 12.6. The van der Waals surface area contributed by atoms with Crippen molar-refractivity contribution in [2.75, 3.05) is 0 Å². The minimum absolute atomic E-state index is 0.0161. The van der Waals surface area contributed by atoms with Crippen LogP contribution in [0.25, 0.3) is 0 Å². The summed E-state index contributed by atoms with van der Waals surface area (Å²) in [6, 6.07) is 5.36. The number of hydrogen-bond donors (Lipinski definition) is 0. The molecular weight excluding hydrogens is 274 g/mol. The van der Waals surface area contributed by atoms with Crippen LogP contribution in [0, 0.1) is 10.1 Å². The Labute approximate surface area is 124 Å². The third kappa shape index (κ3) is 4.73. The molecule has 0 amide bonds. The fourth-order valence-corrected chi connectivity index (χ4v) is 1.84. The van der Waals surface area contributed by atoms with Crippen molar-refractivity contribution in [1.82, 2.24) is 0 Å². The summed E-state index contributed by atoms with van der Waals surface area (Å²) < 4.78 is 10.9. The molecule has 1 aromatic rings. The number of esters is 1. The van der Waals surface area contributed by atoms with Gasteiger partial charge in [0.05, 0.1) is 6.10 Å². The number of para-hydroxylation sites is 2. The van der Waals surface area contributed by atoms with E-state index < -0.39 is 16.9 Å². The number of rotatable bonds is 8. The molecule has 0 aliphatic rings. The second kappa shape index (κ2) is 8.24. The first-order valence-electron chi connectivity index (χ1n) is 7.14. The highest BCUT2D eigenvalue weighted by molar-refractivity contribution is 5.77. The maximum atomic E-state index is 11.8. The highest BCUT2D eigenvalue weighted by Crippen LogP contribution is 2.29.